The molecule has 0 unspecified atom stereocenters. The van der Waals surface area contributed by atoms with Crippen LogP contribution in [0.15, 0.2) is 0 Å². The Hall–Kier alpha value is -1.56. The van der Waals surface area contributed by atoms with E-state index in [4.69, 9.17) is 4.74 Å². The first-order valence-corrected chi connectivity index (χ1v) is 6.27. The maximum Gasteiger partial charge on any atom is 0.145 e. The van der Waals surface area contributed by atoms with Crippen molar-refractivity contribution in [1.82, 2.24) is 0 Å². The van der Waals surface area contributed by atoms with Crippen molar-refractivity contribution in [1.29, 1.82) is 5.26 Å². The molecule has 1 radical (unpaired) electrons. The van der Waals surface area contributed by atoms with Gasteiger partial charge in [-0.3, -0.25) is 0 Å². The summed E-state index contributed by atoms with van der Waals surface area (Å²) in [5.41, 5.74) is 0.203. The third kappa shape index (κ3) is 2.89. The average Bonchev–Trinajstić information content (AvgIpc) is 2.25. The summed E-state index contributed by atoms with van der Waals surface area (Å²) >= 11 is 0. The molecule has 0 amide bonds. The largest absolute Gasteiger partial charge is 0.496 e. The lowest BCUT2D eigenvalue weighted by Crippen LogP contribution is -2.21. The lowest BCUT2D eigenvalue weighted by Gasteiger charge is -2.27. The van der Waals surface area contributed by atoms with E-state index in [1.54, 1.807) is 0 Å². The van der Waals surface area contributed by atoms with Gasteiger partial charge >= 0.3 is 0 Å². The van der Waals surface area contributed by atoms with Gasteiger partial charge in [0.2, 0.25) is 0 Å². The number of hydrogen-bond donors (Lipinski definition) is 0. The molecule has 0 aliphatic rings. The Morgan fingerprint density at radius 3 is 1.95 bits per heavy atom. The Labute approximate surface area is 115 Å². The summed E-state index contributed by atoms with van der Waals surface area (Å²) in [4.78, 5) is 0. The highest BCUT2D eigenvalue weighted by Gasteiger charge is 2.31. The smallest absolute Gasteiger partial charge is 0.145 e. The molecule has 0 heterocycles. The van der Waals surface area contributed by atoms with Crippen molar-refractivity contribution in [2.24, 2.45) is 0 Å². The molecule has 103 valence electrons. The Balaban J connectivity index is 3.80. The molecule has 0 fully saturated rings. The number of methoxy groups -OCH3 is 1. The van der Waals surface area contributed by atoms with Crippen molar-refractivity contribution < 1.29 is 9.13 Å². The van der Waals surface area contributed by atoms with Gasteiger partial charge in [-0.05, 0) is 10.8 Å². The van der Waals surface area contributed by atoms with Crippen molar-refractivity contribution in [3.63, 3.8) is 0 Å². The summed E-state index contributed by atoms with van der Waals surface area (Å²) < 4.78 is 19.9. The van der Waals surface area contributed by atoms with Crippen LogP contribution in [-0.2, 0) is 10.8 Å². The van der Waals surface area contributed by atoms with Crippen molar-refractivity contribution in [2.75, 3.05) is 7.11 Å². The molecular weight excluding hydrogens is 241 g/mol. The van der Waals surface area contributed by atoms with Crippen LogP contribution in [0.4, 0.5) is 4.39 Å². The maximum atomic E-state index is 14.6. The molecular formula is C16H21FNO. The van der Waals surface area contributed by atoms with Gasteiger partial charge in [-0.25, -0.2) is 4.39 Å². The number of ether oxygens (including phenoxy) is 1. The highest BCUT2D eigenvalue weighted by atomic mass is 19.1. The fourth-order valence-electron chi connectivity index (χ4n) is 2.07. The van der Waals surface area contributed by atoms with Crippen molar-refractivity contribution in [3.8, 4) is 11.8 Å². The van der Waals surface area contributed by atoms with Gasteiger partial charge < -0.3 is 4.74 Å². The molecule has 19 heavy (non-hydrogen) atoms. The summed E-state index contributed by atoms with van der Waals surface area (Å²) in [5, 5.41) is 9.31. The van der Waals surface area contributed by atoms with Crippen molar-refractivity contribution in [3.05, 3.63) is 28.6 Å². The van der Waals surface area contributed by atoms with Gasteiger partial charge in [-0.2, -0.15) is 5.26 Å². The Bertz CT molecular complexity index is 528. The van der Waals surface area contributed by atoms with E-state index in [9.17, 15) is 9.65 Å². The van der Waals surface area contributed by atoms with E-state index in [0.717, 1.165) is 0 Å². The lowest BCUT2D eigenvalue weighted by atomic mass is 9.78. The van der Waals surface area contributed by atoms with E-state index in [-0.39, 0.29) is 11.0 Å². The summed E-state index contributed by atoms with van der Waals surface area (Å²) in [5.74, 6) is -0.0314. The van der Waals surface area contributed by atoms with Crippen LogP contribution in [0.3, 0.4) is 0 Å². The van der Waals surface area contributed by atoms with Gasteiger partial charge in [0.1, 0.15) is 17.6 Å². The molecule has 1 aromatic carbocycles. The maximum absolute atomic E-state index is 14.6. The Kier molecular flexibility index (Phi) is 3.95. The van der Waals surface area contributed by atoms with E-state index >= 15 is 0 Å². The molecule has 2 nitrogen and oxygen atoms in total. The van der Waals surface area contributed by atoms with Crippen molar-refractivity contribution in [2.45, 2.75) is 52.4 Å². The van der Waals surface area contributed by atoms with Gasteiger partial charge in [-0.15, -0.1) is 0 Å². The zero-order chi connectivity index (χ0) is 15.0. The van der Waals surface area contributed by atoms with Crippen LogP contribution < -0.4 is 4.74 Å². The van der Waals surface area contributed by atoms with Gasteiger partial charge in [0, 0.05) is 17.2 Å². The van der Waals surface area contributed by atoms with E-state index in [2.05, 4.69) is 6.07 Å². The first-order valence-electron chi connectivity index (χ1n) is 6.27. The molecule has 1 rings (SSSR count). The number of nitrogens with zero attached hydrogens (tertiary/aromatic N) is 1. The van der Waals surface area contributed by atoms with E-state index in [1.165, 1.54) is 7.11 Å². The van der Waals surface area contributed by atoms with Gasteiger partial charge in [-0.1, -0.05) is 41.5 Å². The molecule has 0 aromatic heterocycles. The minimum absolute atomic E-state index is 0.0630. The fourth-order valence-corrected chi connectivity index (χ4v) is 2.07. The number of hydrogen-bond acceptors (Lipinski definition) is 2. The van der Waals surface area contributed by atoms with Gasteiger partial charge in [0.25, 0.3) is 0 Å². The van der Waals surface area contributed by atoms with Crippen LogP contribution in [0.25, 0.3) is 0 Å². The summed E-state index contributed by atoms with van der Waals surface area (Å²) in [6.07, 6.45) is 0. The van der Waals surface area contributed by atoms with Crippen LogP contribution in [-0.4, -0.2) is 7.11 Å². The van der Waals surface area contributed by atoms with Crippen LogP contribution in [0.5, 0.6) is 5.75 Å². The van der Waals surface area contributed by atoms with Gasteiger partial charge in [0.15, 0.2) is 0 Å². The van der Waals surface area contributed by atoms with Crippen LogP contribution >= 0.6 is 0 Å². The third-order valence-corrected chi connectivity index (χ3v) is 2.97. The van der Waals surface area contributed by atoms with E-state index < -0.39 is 11.2 Å². The van der Waals surface area contributed by atoms with Crippen LogP contribution in [0, 0.1) is 23.2 Å². The predicted octanol–water partition coefficient (Wildman–Crippen LogP) is 4.10. The highest BCUT2D eigenvalue weighted by molar-refractivity contribution is 5.54. The molecule has 0 atom stereocenters. The molecule has 0 aliphatic carbocycles. The number of benzene rings is 1. The quantitative estimate of drug-likeness (QED) is 0.763. The van der Waals surface area contributed by atoms with Gasteiger partial charge in [0.05, 0.1) is 12.7 Å². The molecule has 1 aromatic rings. The second-order valence-corrected chi connectivity index (χ2v) is 6.71. The molecule has 0 saturated heterocycles. The second-order valence-electron chi connectivity index (χ2n) is 6.71. The second kappa shape index (κ2) is 4.85. The SMILES string of the molecule is COc1[c]c(C(C)(C)C)c(F)c(C#N)c1C(C)(C)C. The molecule has 0 spiro atoms. The topological polar surface area (TPSA) is 33.0 Å². The monoisotopic (exact) mass is 262 g/mol. The molecule has 3 heteroatoms. The standard InChI is InChI=1S/C16H21FNO/c1-15(2,3)11-8-12(19-7)13(16(4,5)6)10(9-18)14(11)17/h1-7H3. The summed E-state index contributed by atoms with van der Waals surface area (Å²) in [6, 6.07) is 4.99. The third-order valence-electron chi connectivity index (χ3n) is 2.97. The summed E-state index contributed by atoms with van der Waals surface area (Å²) in [6.45, 7) is 11.4. The number of rotatable bonds is 1. The molecule has 0 bridgehead atoms. The first-order chi connectivity index (χ1) is 8.54. The zero-order valence-electron chi connectivity index (χ0n) is 12.7. The zero-order valence-corrected chi connectivity index (χ0v) is 12.7. The molecule has 0 saturated carbocycles. The minimum atomic E-state index is -0.485. The first kappa shape index (κ1) is 15.5. The lowest BCUT2D eigenvalue weighted by molar-refractivity contribution is 0.389. The van der Waals surface area contributed by atoms with E-state index in [1.807, 2.05) is 47.6 Å². The summed E-state index contributed by atoms with van der Waals surface area (Å²) in [7, 11) is 1.52. The van der Waals surface area contributed by atoms with Crippen LogP contribution in [0.1, 0.15) is 58.2 Å². The van der Waals surface area contributed by atoms with E-state index in [0.29, 0.717) is 16.9 Å². The molecule has 0 aliphatic heterocycles. The molecule has 0 N–H and O–H groups in total. The Morgan fingerprint density at radius 2 is 1.63 bits per heavy atom. The van der Waals surface area contributed by atoms with Crippen molar-refractivity contribution >= 4 is 0 Å². The van der Waals surface area contributed by atoms with Crippen LogP contribution in [0.2, 0.25) is 0 Å². The normalized spacial score (nSPS) is 12.2. The predicted molar refractivity (Wildman–Crippen MR) is 73.9 cm³/mol. The number of halogens is 1. The minimum Gasteiger partial charge on any atom is -0.496 e. The highest BCUT2D eigenvalue weighted by Crippen LogP contribution is 2.39. The Morgan fingerprint density at radius 1 is 1.11 bits per heavy atom. The average molecular weight is 262 g/mol. The fraction of sp³-hybridized carbons (Fsp3) is 0.562. The number of nitriles is 1.